The highest BCUT2D eigenvalue weighted by Gasteiger charge is 2.35. The lowest BCUT2D eigenvalue weighted by Crippen LogP contribution is -2.31. The molecule has 1 fully saturated rings. The number of aromatic nitrogens is 2. The van der Waals surface area contributed by atoms with Crippen LogP contribution in [0.5, 0.6) is 0 Å². The molecule has 1 aliphatic heterocycles. The number of anilines is 1. The van der Waals surface area contributed by atoms with Gasteiger partial charge in [0.25, 0.3) is 5.91 Å². The fourth-order valence-electron chi connectivity index (χ4n) is 3.01. The van der Waals surface area contributed by atoms with Gasteiger partial charge in [0.1, 0.15) is 6.04 Å². The van der Waals surface area contributed by atoms with Crippen LogP contribution in [0.15, 0.2) is 22.7 Å². The van der Waals surface area contributed by atoms with Crippen LogP contribution in [0.2, 0.25) is 5.02 Å². The molecule has 8 heteroatoms. The summed E-state index contributed by atoms with van der Waals surface area (Å²) < 4.78 is 5.39. The third-order valence-electron chi connectivity index (χ3n) is 4.29. The molecule has 1 aromatic heterocycles. The van der Waals surface area contributed by atoms with E-state index in [1.807, 2.05) is 13.8 Å². The molecule has 0 aliphatic carbocycles. The Labute approximate surface area is 156 Å². The molecule has 0 saturated carbocycles. The largest absolute Gasteiger partial charge is 0.337 e. The number of hydrogen-bond acceptors (Lipinski definition) is 5. The van der Waals surface area contributed by atoms with Gasteiger partial charge in [0.2, 0.25) is 11.8 Å². The summed E-state index contributed by atoms with van der Waals surface area (Å²) in [7, 11) is 0. The zero-order chi connectivity index (χ0) is 18.8. The van der Waals surface area contributed by atoms with Crippen LogP contribution in [0.25, 0.3) is 0 Å². The summed E-state index contributed by atoms with van der Waals surface area (Å²) in [6, 6.07) is 4.60. The minimum absolute atomic E-state index is 0.154. The van der Waals surface area contributed by atoms with E-state index in [9.17, 15) is 9.59 Å². The van der Waals surface area contributed by atoms with Gasteiger partial charge in [-0.2, -0.15) is 4.98 Å². The van der Waals surface area contributed by atoms with Gasteiger partial charge >= 0.3 is 0 Å². The molecular formula is C18H21ClN4O3. The predicted octanol–water partition coefficient (Wildman–Crippen LogP) is 3.78. The van der Waals surface area contributed by atoms with Crippen LogP contribution in [0.1, 0.15) is 67.6 Å². The van der Waals surface area contributed by atoms with Crippen LogP contribution >= 0.6 is 11.6 Å². The highest BCUT2D eigenvalue weighted by molar-refractivity contribution is 6.34. The van der Waals surface area contributed by atoms with Crippen molar-refractivity contribution >= 4 is 29.1 Å². The summed E-state index contributed by atoms with van der Waals surface area (Å²) >= 11 is 6.23. The molecule has 0 bridgehead atoms. The number of halogens is 1. The number of amides is 2. The molecule has 1 aliphatic rings. The Bertz CT molecular complexity index is 834. The third-order valence-corrected chi connectivity index (χ3v) is 4.62. The first-order chi connectivity index (χ1) is 12.4. The maximum atomic E-state index is 13.1. The van der Waals surface area contributed by atoms with Gasteiger partial charge in [0, 0.05) is 25.1 Å². The van der Waals surface area contributed by atoms with E-state index in [1.165, 1.54) is 6.92 Å². The SMILES string of the molecule is CC(=O)Nc1ccc(Cl)c(C(=O)N2CCC[C@@H]2c2nc(C(C)C)no2)c1. The van der Waals surface area contributed by atoms with Crippen LogP contribution in [0, 0.1) is 0 Å². The lowest BCUT2D eigenvalue weighted by atomic mass is 10.1. The van der Waals surface area contributed by atoms with Crippen LogP contribution in [0.3, 0.4) is 0 Å². The number of benzene rings is 1. The van der Waals surface area contributed by atoms with E-state index in [4.69, 9.17) is 16.1 Å². The van der Waals surface area contributed by atoms with E-state index in [1.54, 1.807) is 23.1 Å². The van der Waals surface area contributed by atoms with E-state index in [2.05, 4.69) is 15.5 Å². The second kappa shape index (κ2) is 7.45. The van der Waals surface area contributed by atoms with E-state index >= 15 is 0 Å². The van der Waals surface area contributed by atoms with Crippen molar-refractivity contribution in [2.75, 3.05) is 11.9 Å². The first kappa shape index (κ1) is 18.4. The van der Waals surface area contributed by atoms with Crippen molar-refractivity contribution in [2.45, 2.75) is 45.6 Å². The highest BCUT2D eigenvalue weighted by Crippen LogP contribution is 2.34. The van der Waals surface area contributed by atoms with Crippen LogP contribution in [0.4, 0.5) is 5.69 Å². The van der Waals surface area contributed by atoms with Gasteiger partial charge in [0.15, 0.2) is 5.82 Å². The Kier molecular flexibility index (Phi) is 5.27. The summed E-state index contributed by atoms with van der Waals surface area (Å²) in [6.07, 6.45) is 1.60. The van der Waals surface area contributed by atoms with Gasteiger partial charge < -0.3 is 14.7 Å². The monoisotopic (exact) mass is 376 g/mol. The normalized spacial score (nSPS) is 17.0. The fourth-order valence-corrected chi connectivity index (χ4v) is 3.21. The summed E-state index contributed by atoms with van der Waals surface area (Å²) in [5.74, 6) is 0.811. The smallest absolute Gasteiger partial charge is 0.256 e. The molecule has 0 radical (unpaired) electrons. The molecule has 138 valence electrons. The molecule has 1 saturated heterocycles. The zero-order valence-electron chi connectivity index (χ0n) is 15.0. The van der Waals surface area contributed by atoms with Crippen molar-refractivity contribution in [1.29, 1.82) is 0 Å². The van der Waals surface area contributed by atoms with Gasteiger partial charge in [-0.3, -0.25) is 9.59 Å². The van der Waals surface area contributed by atoms with Gasteiger partial charge in [-0.05, 0) is 31.0 Å². The van der Waals surface area contributed by atoms with Gasteiger partial charge in [-0.15, -0.1) is 0 Å². The quantitative estimate of drug-likeness (QED) is 0.877. The van der Waals surface area contributed by atoms with Gasteiger partial charge in [0.05, 0.1) is 10.6 Å². The van der Waals surface area contributed by atoms with Crippen LogP contribution in [-0.2, 0) is 4.79 Å². The molecule has 2 aromatic rings. The maximum absolute atomic E-state index is 13.1. The molecule has 1 aromatic carbocycles. The minimum atomic E-state index is -0.261. The molecule has 1 N–H and O–H groups in total. The van der Waals surface area contributed by atoms with Gasteiger partial charge in [-0.25, -0.2) is 0 Å². The van der Waals surface area contributed by atoms with Gasteiger partial charge in [-0.1, -0.05) is 30.6 Å². The lowest BCUT2D eigenvalue weighted by molar-refractivity contribution is -0.114. The molecule has 2 amide bonds. The Hall–Kier alpha value is -2.41. The summed E-state index contributed by atoms with van der Waals surface area (Å²) in [5, 5.41) is 7.00. The molecule has 3 rings (SSSR count). The first-order valence-electron chi connectivity index (χ1n) is 8.58. The minimum Gasteiger partial charge on any atom is -0.337 e. The van der Waals surface area contributed by atoms with Crippen molar-refractivity contribution in [3.05, 3.63) is 40.5 Å². The Morgan fingerprint density at radius 3 is 2.81 bits per heavy atom. The van der Waals surface area contributed by atoms with Crippen molar-refractivity contribution < 1.29 is 14.1 Å². The lowest BCUT2D eigenvalue weighted by Gasteiger charge is -2.22. The fraction of sp³-hybridized carbons (Fsp3) is 0.444. The van der Waals surface area contributed by atoms with E-state index in [-0.39, 0.29) is 23.8 Å². The second-order valence-corrected chi connectivity index (χ2v) is 7.09. The number of carbonyl (C=O) groups excluding carboxylic acids is 2. The second-order valence-electron chi connectivity index (χ2n) is 6.68. The van der Waals surface area contributed by atoms with Crippen LogP contribution < -0.4 is 5.32 Å². The summed E-state index contributed by atoms with van der Waals surface area (Å²) in [4.78, 5) is 30.5. The predicted molar refractivity (Wildman–Crippen MR) is 97.2 cm³/mol. The Morgan fingerprint density at radius 2 is 2.15 bits per heavy atom. The molecule has 1 atom stereocenters. The average Bonchev–Trinajstić information content (AvgIpc) is 3.24. The molecule has 0 spiro atoms. The zero-order valence-corrected chi connectivity index (χ0v) is 15.7. The van der Waals surface area contributed by atoms with E-state index < -0.39 is 0 Å². The number of nitrogens with one attached hydrogen (secondary N) is 1. The number of hydrogen-bond donors (Lipinski definition) is 1. The summed E-state index contributed by atoms with van der Waals surface area (Å²) in [5.41, 5.74) is 0.870. The Morgan fingerprint density at radius 1 is 1.38 bits per heavy atom. The number of carbonyl (C=O) groups is 2. The molecule has 26 heavy (non-hydrogen) atoms. The van der Waals surface area contributed by atoms with E-state index in [0.717, 1.165) is 12.8 Å². The maximum Gasteiger partial charge on any atom is 0.256 e. The molecule has 0 unspecified atom stereocenters. The van der Waals surface area contributed by atoms with E-state index in [0.29, 0.717) is 34.5 Å². The molecule has 2 heterocycles. The summed E-state index contributed by atoms with van der Waals surface area (Å²) in [6.45, 7) is 5.97. The topological polar surface area (TPSA) is 88.3 Å². The standard InChI is InChI=1S/C18H21ClN4O3/c1-10(2)16-21-17(26-22-16)15-5-4-8-23(15)18(25)13-9-12(20-11(3)24)6-7-14(13)19/h6-7,9-10,15H,4-5,8H2,1-3H3,(H,20,24)/t15-/m1/s1. The van der Waals surface area contributed by atoms with Crippen molar-refractivity contribution in [1.82, 2.24) is 15.0 Å². The molecular weight excluding hydrogens is 356 g/mol. The average molecular weight is 377 g/mol. The Balaban J connectivity index is 1.87. The first-order valence-corrected chi connectivity index (χ1v) is 8.96. The van der Waals surface area contributed by atoms with Crippen molar-refractivity contribution in [2.24, 2.45) is 0 Å². The van der Waals surface area contributed by atoms with Crippen LogP contribution in [-0.4, -0.2) is 33.4 Å². The third kappa shape index (κ3) is 3.72. The molecule has 7 nitrogen and oxygen atoms in total. The number of likely N-dealkylation sites (tertiary alicyclic amines) is 1. The number of rotatable bonds is 4. The number of nitrogens with zero attached hydrogens (tertiary/aromatic N) is 3. The van der Waals surface area contributed by atoms with Crippen molar-refractivity contribution in [3.63, 3.8) is 0 Å². The van der Waals surface area contributed by atoms with Crippen molar-refractivity contribution in [3.8, 4) is 0 Å². The highest BCUT2D eigenvalue weighted by atomic mass is 35.5.